The molecule has 22 heavy (non-hydrogen) atoms. The summed E-state index contributed by atoms with van der Waals surface area (Å²) in [4.78, 5) is 15.6. The Morgan fingerprint density at radius 3 is 2.41 bits per heavy atom. The maximum absolute atomic E-state index is 11.7. The topological polar surface area (TPSA) is 72.5 Å². The van der Waals surface area contributed by atoms with Crippen molar-refractivity contribution in [3.8, 4) is 11.5 Å². The third-order valence-electron chi connectivity index (χ3n) is 2.81. The molecule has 2 aromatic rings. The van der Waals surface area contributed by atoms with E-state index in [4.69, 9.17) is 9.47 Å². The molecule has 1 aromatic heterocycles. The first-order valence-corrected chi connectivity index (χ1v) is 7.05. The van der Waals surface area contributed by atoms with Crippen LogP contribution in [0.2, 0.25) is 0 Å². The Labute approximate surface area is 129 Å². The molecule has 1 aromatic carbocycles. The molecule has 0 saturated heterocycles. The molecule has 0 atom stereocenters. The summed E-state index contributed by atoms with van der Waals surface area (Å²) >= 11 is 0. The van der Waals surface area contributed by atoms with Gasteiger partial charge in [0.25, 0.3) is 0 Å². The fraction of sp³-hybridized carbons (Fsp3) is 0.250. The first-order chi connectivity index (χ1) is 10.8. The van der Waals surface area contributed by atoms with E-state index in [0.717, 1.165) is 5.56 Å². The molecule has 0 aliphatic rings. The Kier molecular flexibility index (Phi) is 6.04. The smallest absolute Gasteiger partial charge is 0.317 e. The van der Waals surface area contributed by atoms with Crippen LogP contribution >= 0.6 is 0 Å². The van der Waals surface area contributed by atoms with Crippen molar-refractivity contribution >= 4 is 6.03 Å². The van der Waals surface area contributed by atoms with Crippen molar-refractivity contribution in [2.75, 3.05) is 13.3 Å². The number of carbonyl (C=O) groups excluding carboxylic acids is 1. The Morgan fingerprint density at radius 1 is 1.05 bits per heavy atom. The summed E-state index contributed by atoms with van der Waals surface area (Å²) in [7, 11) is 0. The van der Waals surface area contributed by atoms with Gasteiger partial charge in [-0.2, -0.15) is 0 Å². The molecule has 6 heteroatoms. The Morgan fingerprint density at radius 2 is 1.73 bits per heavy atom. The number of hydrogen-bond acceptors (Lipinski definition) is 4. The highest BCUT2D eigenvalue weighted by molar-refractivity contribution is 5.73. The monoisotopic (exact) mass is 301 g/mol. The number of para-hydroxylation sites is 2. The Balaban J connectivity index is 1.73. The molecule has 0 unspecified atom stereocenters. The second-order valence-electron chi connectivity index (χ2n) is 4.38. The predicted octanol–water partition coefficient (Wildman–Crippen LogP) is 2.32. The number of nitrogens with zero attached hydrogens (tertiary/aromatic N) is 1. The molecular weight excluding hydrogens is 282 g/mol. The van der Waals surface area contributed by atoms with Gasteiger partial charge in [0.15, 0.2) is 18.2 Å². The van der Waals surface area contributed by atoms with E-state index in [1.165, 1.54) is 0 Å². The van der Waals surface area contributed by atoms with Crippen LogP contribution < -0.4 is 20.1 Å². The summed E-state index contributed by atoms with van der Waals surface area (Å²) in [6.07, 6.45) is 3.37. The number of ether oxygens (including phenoxy) is 2. The largest absolute Gasteiger partial charge is 0.490 e. The van der Waals surface area contributed by atoms with E-state index in [-0.39, 0.29) is 12.8 Å². The number of carbonyl (C=O) groups is 1. The second kappa shape index (κ2) is 8.51. The normalized spacial score (nSPS) is 9.86. The lowest BCUT2D eigenvalue weighted by molar-refractivity contribution is 0.219. The van der Waals surface area contributed by atoms with Crippen molar-refractivity contribution in [1.29, 1.82) is 0 Å². The minimum atomic E-state index is -0.300. The van der Waals surface area contributed by atoms with E-state index in [0.29, 0.717) is 24.7 Å². The van der Waals surface area contributed by atoms with Gasteiger partial charge in [-0.25, -0.2) is 4.79 Å². The van der Waals surface area contributed by atoms with Crippen molar-refractivity contribution in [3.05, 3.63) is 54.4 Å². The standard InChI is InChI=1S/C16H19N3O3/c1-2-21-14-5-3-4-6-15(14)22-12-19-16(20)18-11-13-7-9-17-10-8-13/h3-10H,2,11-12H2,1H3,(H2,18,19,20). The van der Waals surface area contributed by atoms with Gasteiger partial charge in [-0.05, 0) is 36.8 Å². The van der Waals surface area contributed by atoms with Crippen molar-refractivity contribution in [1.82, 2.24) is 15.6 Å². The molecule has 0 saturated carbocycles. The fourth-order valence-electron chi connectivity index (χ4n) is 1.77. The van der Waals surface area contributed by atoms with Crippen LogP contribution in [0.3, 0.4) is 0 Å². The molecular formula is C16H19N3O3. The third kappa shape index (κ3) is 4.97. The number of pyridine rings is 1. The highest BCUT2D eigenvalue weighted by Crippen LogP contribution is 2.25. The molecule has 2 rings (SSSR count). The van der Waals surface area contributed by atoms with E-state index >= 15 is 0 Å². The molecule has 0 spiro atoms. The van der Waals surface area contributed by atoms with E-state index in [9.17, 15) is 4.79 Å². The van der Waals surface area contributed by atoms with Crippen LogP contribution in [-0.2, 0) is 6.54 Å². The number of urea groups is 1. The van der Waals surface area contributed by atoms with Crippen molar-refractivity contribution in [2.45, 2.75) is 13.5 Å². The van der Waals surface area contributed by atoms with E-state index < -0.39 is 0 Å². The summed E-state index contributed by atoms with van der Waals surface area (Å²) in [5, 5.41) is 5.36. The lowest BCUT2D eigenvalue weighted by atomic mass is 10.3. The maximum Gasteiger partial charge on any atom is 0.317 e. The third-order valence-corrected chi connectivity index (χ3v) is 2.81. The highest BCUT2D eigenvalue weighted by Gasteiger charge is 2.04. The second-order valence-corrected chi connectivity index (χ2v) is 4.38. The molecule has 1 heterocycles. The molecule has 0 fully saturated rings. The molecule has 0 bridgehead atoms. The SMILES string of the molecule is CCOc1ccccc1OCNC(=O)NCc1ccncc1. The number of benzene rings is 1. The molecule has 2 N–H and O–H groups in total. The van der Waals surface area contributed by atoms with Crippen LogP contribution in [0.1, 0.15) is 12.5 Å². The average Bonchev–Trinajstić information content (AvgIpc) is 2.56. The number of rotatable bonds is 7. The van der Waals surface area contributed by atoms with Crippen molar-refractivity contribution < 1.29 is 14.3 Å². The Bertz CT molecular complexity index is 590. The number of amides is 2. The summed E-state index contributed by atoms with van der Waals surface area (Å²) in [5.74, 6) is 1.25. The minimum absolute atomic E-state index is 0.0618. The maximum atomic E-state index is 11.7. The lowest BCUT2D eigenvalue weighted by Crippen LogP contribution is -2.37. The number of hydrogen-bond donors (Lipinski definition) is 2. The van der Waals surface area contributed by atoms with Gasteiger partial charge in [0.1, 0.15) is 0 Å². The minimum Gasteiger partial charge on any atom is -0.490 e. The van der Waals surface area contributed by atoms with Crippen LogP contribution in [-0.4, -0.2) is 24.4 Å². The zero-order chi connectivity index (χ0) is 15.6. The molecule has 2 amide bonds. The lowest BCUT2D eigenvalue weighted by Gasteiger charge is -2.12. The van der Waals surface area contributed by atoms with Gasteiger partial charge >= 0.3 is 6.03 Å². The van der Waals surface area contributed by atoms with Crippen molar-refractivity contribution in [3.63, 3.8) is 0 Å². The van der Waals surface area contributed by atoms with Gasteiger partial charge < -0.3 is 20.1 Å². The molecule has 116 valence electrons. The summed E-state index contributed by atoms with van der Waals surface area (Å²) in [6, 6.07) is 10.7. The van der Waals surface area contributed by atoms with Crippen LogP contribution in [0.25, 0.3) is 0 Å². The van der Waals surface area contributed by atoms with Crippen molar-refractivity contribution in [2.24, 2.45) is 0 Å². The quantitative estimate of drug-likeness (QED) is 0.770. The predicted molar refractivity (Wildman–Crippen MR) is 82.7 cm³/mol. The van der Waals surface area contributed by atoms with E-state index in [1.54, 1.807) is 18.5 Å². The first kappa shape index (κ1) is 15.6. The van der Waals surface area contributed by atoms with Crippen LogP contribution in [0, 0.1) is 0 Å². The van der Waals surface area contributed by atoms with Gasteiger partial charge in [0, 0.05) is 18.9 Å². The highest BCUT2D eigenvalue weighted by atomic mass is 16.5. The zero-order valence-corrected chi connectivity index (χ0v) is 12.4. The van der Waals surface area contributed by atoms with Gasteiger partial charge in [0.2, 0.25) is 0 Å². The first-order valence-electron chi connectivity index (χ1n) is 7.05. The number of aromatic nitrogens is 1. The fourth-order valence-corrected chi connectivity index (χ4v) is 1.77. The van der Waals surface area contributed by atoms with Crippen LogP contribution in [0.4, 0.5) is 4.79 Å². The van der Waals surface area contributed by atoms with Gasteiger partial charge in [-0.1, -0.05) is 12.1 Å². The summed E-state index contributed by atoms with van der Waals surface area (Å²) in [6.45, 7) is 2.96. The molecule has 0 radical (unpaired) electrons. The zero-order valence-electron chi connectivity index (χ0n) is 12.4. The summed E-state index contributed by atoms with van der Waals surface area (Å²) < 4.78 is 10.9. The van der Waals surface area contributed by atoms with Gasteiger partial charge in [-0.3, -0.25) is 4.98 Å². The Hall–Kier alpha value is -2.76. The van der Waals surface area contributed by atoms with Crippen LogP contribution in [0.15, 0.2) is 48.8 Å². The molecule has 0 aliphatic heterocycles. The molecule has 6 nitrogen and oxygen atoms in total. The van der Waals surface area contributed by atoms with Gasteiger partial charge in [-0.15, -0.1) is 0 Å². The van der Waals surface area contributed by atoms with Gasteiger partial charge in [0.05, 0.1) is 6.61 Å². The number of nitrogens with one attached hydrogen (secondary N) is 2. The molecule has 0 aliphatic carbocycles. The average molecular weight is 301 g/mol. The van der Waals surface area contributed by atoms with E-state index in [2.05, 4.69) is 15.6 Å². The summed E-state index contributed by atoms with van der Waals surface area (Å²) in [5.41, 5.74) is 0.979. The van der Waals surface area contributed by atoms with Crippen LogP contribution in [0.5, 0.6) is 11.5 Å². The van der Waals surface area contributed by atoms with E-state index in [1.807, 2.05) is 37.3 Å².